The summed E-state index contributed by atoms with van der Waals surface area (Å²) in [5.41, 5.74) is 3.45. The second-order valence-corrected chi connectivity index (χ2v) is 6.34. The van der Waals surface area contributed by atoms with Crippen molar-refractivity contribution in [3.63, 3.8) is 0 Å². The van der Waals surface area contributed by atoms with Gasteiger partial charge in [0, 0.05) is 17.7 Å². The van der Waals surface area contributed by atoms with Crippen molar-refractivity contribution < 1.29 is 23.8 Å². The summed E-state index contributed by atoms with van der Waals surface area (Å²) >= 11 is 0. The molecule has 0 bridgehead atoms. The van der Waals surface area contributed by atoms with Crippen LogP contribution in [-0.4, -0.2) is 37.6 Å². The van der Waals surface area contributed by atoms with Crippen LogP contribution in [0.3, 0.4) is 0 Å². The van der Waals surface area contributed by atoms with E-state index in [-0.39, 0.29) is 11.7 Å². The van der Waals surface area contributed by atoms with Crippen LogP contribution in [0.4, 0.5) is 0 Å². The molecular formula is C20H23NO5. The number of ketones is 1. The topological polar surface area (TPSA) is 77.6 Å². The van der Waals surface area contributed by atoms with Crippen LogP contribution in [0.1, 0.15) is 56.9 Å². The molecule has 6 heteroatoms. The number of carbonyl (C=O) groups is 2. The van der Waals surface area contributed by atoms with Gasteiger partial charge < -0.3 is 19.2 Å². The summed E-state index contributed by atoms with van der Waals surface area (Å²) < 4.78 is 15.8. The van der Waals surface area contributed by atoms with Gasteiger partial charge in [-0.3, -0.25) is 4.79 Å². The highest BCUT2D eigenvalue weighted by atomic mass is 16.5. The summed E-state index contributed by atoms with van der Waals surface area (Å²) in [4.78, 5) is 27.7. The van der Waals surface area contributed by atoms with Gasteiger partial charge in [0.15, 0.2) is 17.3 Å². The van der Waals surface area contributed by atoms with Gasteiger partial charge in [-0.05, 0) is 49.4 Å². The molecule has 0 saturated heterocycles. The molecule has 1 atom stereocenters. The maximum absolute atomic E-state index is 12.7. The Balaban J connectivity index is 1.94. The van der Waals surface area contributed by atoms with Crippen molar-refractivity contribution in [3.05, 3.63) is 46.3 Å². The number of aromatic nitrogens is 1. The number of Topliss-reactive ketones (excluding diaryl/α,β-unsaturated/α-hetero) is 1. The molecule has 138 valence electrons. The highest BCUT2D eigenvalue weighted by Gasteiger charge is 2.32. The van der Waals surface area contributed by atoms with E-state index in [0.717, 1.165) is 11.3 Å². The highest BCUT2D eigenvalue weighted by Crippen LogP contribution is 2.38. The second kappa shape index (κ2) is 7.23. The van der Waals surface area contributed by atoms with Crippen molar-refractivity contribution in [3.8, 4) is 11.5 Å². The molecule has 1 aliphatic rings. The molecule has 1 unspecified atom stereocenters. The molecule has 0 saturated carbocycles. The highest BCUT2D eigenvalue weighted by molar-refractivity contribution is 6.03. The van der Waals surface area contributed by atoms with Crippen molar-refractivity contribution in [1.82, 2.24) is 4.98 Å². The number of H-pyrrole nitrogens is 1. The number of hydrogen-bond acceptors (Lipinski definition) is 5. The molecule has 0 amide bonds. The van der Waals surface area contributed by atoms with Gasteiger partial charge in [0.2, 0.25) is 0 Å². The molecular weight excluding hydrogens is 334 g/mol. The van der Waals surface area contributed by atoms with Gasteiger partial charge in [-0.15, -0.1) is 0 Å². The number of aromatic amines is 1. The number of rotatable bonds is 5. The Kier molecular flexibility index (Phi) is 5.02. The van der Waals surface area contributed by atoms with Crippen LogP contribution < -0.4 is 9.47 Å². The Morgan fingerprint density at radius 2 is 2.00 bits per heavy atom. The number of hydrogen-bond donors (Lipinski definition) is 1. The summed E-state index contributed by atoms with van der Waals surface area (Å²) in [6.45, 7) is 4.25. The van der Waals surface area contributed by atoms with Crippen LogP contribution >= 0.6 is 0 Å². The molecule has 1 N–H and O–H groups in total. The number of carbonyl (C=O) groups excluding carboxylic acids is 2. The molecule has 0 radical (unpaired) electrons. The molecule has 6 nitrogen and oxygen atoms in total. The van der Waals surface area contributed by atoms with Crippen LogP contribution in [-0.2, 0) is 11.2 Å². The van der Waals surface area contributed by atoms with E-state index in [2.05, 4.69) is 4.98 Å². The van der Waals surface area contributed by atoms with E-state index < -0.39 is 5.97 Å². The van der Waals surface area contributed by atoms with Crippen LogP contribution in [0.15, 0.2) is 18.2 Å². The molecule has 26 heavy (non-hydrogen) atoms. The first kappa shape index (κ1) is 18.0. The van der Waals surface area contributed by atoms with Crippen molar-refractivity contribution in [2.45, 2.75) is 32.6 Å². The quantitative estimate of drug-likeness (QED) is 0.830. The van der Waals surface area contributed by atoms with Crippen LogP contribution in [0.5, 0.6) is 11.5 Å². The van der Waals surface area contributed by atoms with Gasteiger partial charge in [-0.25, -0.2) is 4.79 Å². The summed E-state index contributed by atoms with van der Waals surface area (Å²) in [5.74, 6) is 0.936. The van der Waals surface area contributed by atoms with Gasteiger partial charge in [0.1, 0.15) is 5.69 Å². The van der Waals surface area contributed by atoms with Gasteiger partial charge in [-0.1, -0.05) is 6.07 Å². The van der Waals surface area contributed by atoms with Crippen molar-refractivity contribution in [2.24, 2.45) is 0 Å². The number of nitrogens with one attached hydrogen (secondary N) is 1. The predicted octanol–water partition coefficient (Wildman–Crippen LogP) is 3.43. The third-order valence-electron chi connectivity index (χ3n) is 4.84. The molecule has 0 aliphatic heterocycles. The van der Waals surface area contributed by atoms with E-state index in [1.165, 1.54) is 7.11 Å². The minimum Gasteiger partial charge on any atom is -0.493 e. The average molecular weight is 357 g/mol. The lowest BCUT2D eigenvalue weighted by atomic mass is 9.81. The fourth-order valence-corrected chi connectivity index (χ4v) is 3.59. The number of benzene rings is 1. The van der Waals surface area contributed by atoms with E-state index in [1.807, 2.05) is 25.1 Å². The molecule has 1 aliphatic carbocycles. The molecule has 1 heterocycles. The van der Waals surface area contributed by atoms with Gasteiger partial charge >= 0.3 is 5.97 Å². The predicted molar refractivity (Wildman–Crippen MR) is 96.4 cm³/mol. The van der Waals surface area contributed by atoms with Crippen LogP contribution in [0, 0.1) is 6.92 Å². The van der Waals surface area contributed by atoms with Crippen molar-refractivity contribution >= 4 is 11.8 Å². The third kappa shape index (κ3) is 3.07. The third-order valence-corrected chi connectivity index (χ3v) is 4.84. The van der Waals surface area contributed by atoms with Crippen LogP contribution in [0.2, 0.25) is 0 Å². The molecule has 2 aromatic rings. The summed E-state index contributed by atoms with van der Waals surface area (Å²) in [5, 5.41) is 0. The largest absolute Gasteiger partial charge is 0.493 e. The minimum absolute atomic E-state index is 0.0168. The Morgan fingerprint density at radius 1 is 1.23 bits per heavy atom. The van der Waals surface area contributed by atoms with Crippen LogP contribution in [0.25, 0.3) is 0 Å². The number of fused-ring (bicyclic) bond motifs is 1. The molecule has 1 aromatic heterocycles. The lowest BCUT2D eigenvalue weighted by Crippen LogP contribution is -2.18. The van der Waals surface area contributed by atoms with Gasteiger partial charge in [-0.2, -0.15) is 0 Å². The first-order chi connectivity index (χ1) is 12.5. The normalized spacial score (nSPS) is 16.2. The number of methoxy groups -OCH3 is 2. The van der Waals surface area contributed by atoms with Crippen molar-refractivity contribution in [1.29, 1.82) is 0 Å². The maximum Gasteiger partial charge on any atom is 0.354 e. The number of esters is 1. The Morgan fingerprint density at radius 3 is 2.65 bits per heavy atom. The van der Waals surface area contributed by atoms with E-state index >= 15 is 0 Å². The zero-order valence-electron chi connectivity index (χ0n) is 15.5. The molecule has 1 aromatic carbocycles. The van der Waals surface area contributed by atoms with Gasteiger partial charge in [0.05, 0.1) is 20.8 Å². The summed E-state index contributed by atoms with van der Waals surface area (Å²) in [6, 6.07) is 5.76. The van der Waals surface area contributed by atoms with Crippen molar-refractivity contribution in [2.75, 3.05) is 20.8 Å². The van der Waals surface area contributed by atoms with E-state index in [1.54, 1.807) is 14.0 Å². The van der Waals surface area contributed by atoms with E-state index in [4.69, 9.17) is 14.2 Å². The Hall–Kier alpha value is -2.76. The summed E-state index contributed by atoms with van der Waals surface area (Å²) in [6.07, 6.45) is 1.04. The summed E-state index contributed by atoms with van der Waals surface area (Å²) in [7, 11) is 2.93. The maximum atomic E-state index is 12.7. The smallest absolute Gasteiger partial charge is 0.354 e. The second-order valence-electron chi connectivity index (χ2n) is 6.34. The Bertz CT molecular complexity index is 852. The molecule has 0 spiro atoms. The zero-order valence-corrected chi connectivity index (χ0v) is 15.5. The number of ether oxygens (including phenoxy) is 3. The molecule has 3 rings (SSSR count). The average Bonchev–Trinajstić information content (AvgIpc) is 2.98. The fraction of sp³-hybridized carbons (Fsp3) is 0.400. The monoisotopic (exact) mass is 357 g/mol. The standard InChI is InChI=1S/C20H23NO5/c1-5-26-16-7-6-12(10-17(16)24-3)13-8-14-18(15(22)9-13)11(2)19(21-14)20(23)25-4/h6-7,10,13,21H,5,8-9H2,1-4H3. The van der Waals surface area contributed by atoms with E-state index in [0.29, 0.717) is 47.8 Å². The minimum atomic E-state index is -0.455. The van der Waals surface area contributed by atoms with E-state index in [9.17, 15) is 9.59 Å². The SMILES string of the molecule is CCOc1ccc(C2CC(=O)c3c([nH]c(C(=O)OC)c3C)C2)cc1OC. The zero-order chi connectivity index (χ0) is 18.8. The Labute approximate surface area is 152 Å². The van der Waals surface area contributed by atoms with Gasteiger partial charge in [0.25, 0.3) is 0 Å². The fourth-order valence-electron chi connectivity index (χ4n) is 3.59. The lowest BCUT2D eigenvalue weighted by Gasteiger charge is -2.23. The lowest BCUT2D eigenvalue weighted by molar-refractivity contribution is 0.0593. The molecule has 0 fully saturated rings. The first-order valence-corrected chi connectivity index (χ1v) is 8.63. The first-order valence-electron chi connectivity index (χ1n) is 8.63.